The van der Waals surface area contributed by atoms with Crippen LogP contribution in [0.1, 0.15) is 33.1 Å². The fourth-order valence-electron chi connectivity index (χ4n) is 3.11. The van der Waals surface area contributed by atoms with Crippen LogP contribution in [0.4, 0.5) is 0 Å². The molecule has 0 unspecified atom stereocenters. The number of likely N-dealkylation sites (tertiary alicyclic amines) is 1. The first kappa shape index (κ1) is 14.8. The average molecular weight is 271 g/mol. The van der Waals surface area contributed by atoms with Gasteiger partial charge < -0.3 is 19.1 Å². The van der Waals surface area contributed by atoms with Crippen molar-refractivity contribution in [2.24, 2.45) is 0 Å². The molecule has 2 heterocycles. The molecular formula is C14H25NO4. The highest BCUT2D eigenvalue weighted by atomic mass is 16.6. The van der Waals surface area contributed by atoms with E-state index in [0.29, 0.717) is 13.1 Å². The van der Waals surface area contributed by atoms with Gasteiger partial charge in [-0.3, -0.25) is 4.79 Å². The van der Waals surface area contributed by atoms with E-state index in [1.54, 1.807) is 28.1 Å². The molecule has 0 N–H and O–H groups in total. The summed E-state index contributed by atoms with van der Waals surface area (Å²) in [6, 6.07) is 0. The quantitative estimate of drug-likeness (QED) is 0.774. The molecule has 5 nitrogen and oxygen atoms in total. The van der Waals surface area contributed by atoms with E-state index in [1.807, 2.05) is 4.90 Å². The third-order valence-corrected chi connectivity index (χ3v) is 4.44. The van der Waals surface area contributed by atoms with Gasteiger partial charge in [0.05, 0.1) is 12.6 Å². The van der Waals surface area contributed by atoms with Crippen molar-refractivity contribution in [3.8, 4) is 0 Å². The first-order chi connectivity index (χ1) is 8.95. The van der Waals surface area contributed by atoms with Gasteiger partial charge in [-0.1, -0.05) is 0 Å². The van der Waals surface area contributed by atoms with Crippen molar-refractivity contribution in [1.29, 1.82) is 0 Å². The molecular weight excluding hydrogens is 246 g/mol. The monoisotopic (exact) mass is 271 g/mol. The zero-order valence-corrected chi connectivity index (χ0v) is 12.4. The standard InChI is InChI=1S/C14H25NO4/c1-13(2,18-4)12(16)15-8-6-11(17-3)14(10-15)7-5-9-19-14/h11H,5-10H2,1-4H3/t11-,14-/m0/s1. The van der Waals surface area contributed by atoms with E-state index in [2.05, 4.69) is 0 Å². The van der Waals surface area contributed by atoms with Gasteiger partial charge in [0.25, 0.3) is 5.91 Å². The Bertz CT molecular complexity index is 336. The molecule has 1 amide bonds. The molecule has 0 bridgehead atoms. The molecule has 0 aromatic heterocycles. The first-order valence-corrected chi connectivity index (χ1v) is 6.96. The summed E-state index contributed by atoms with van der Waals surface area (Å²) >= 11 is 0. The van der Waals surface area contributed by atoms with Crippen molar-refractivity contribution in [3.63, 3.8) is 0 Å². The molecule has 0 aromatic carbocycles. The van der Waals surface area contributed by atoms with E-state index < -0.39 is 5.60 Å². The molecule has 2 rings (SSSR count). The number of amides is 1. The SMILES string of the molecule is CO[C@H]1CCN(C(=O)C(C)(C)OC)C[C@@]12CCCO2. The molecule has 2 aliphatic heterocycles. The van der Waals surface area contributed by atoms with Gasteiger partial charge in [0.15, 0.2) is 0 Å². The van der Waals surface area contributed by atoms with Gasteiger partial charge in [0, 0.05) is 27.4 Å². The van der Waals surface area contributed by atoms with Crippen LogP contribution in [0.3, 0.4) is 0 Å². The van der Waals surface area contributed by atoms with Crippen LogP contribution in [0.5, 0.6) is 0 Å². The number of carbonyl (C=O) groups is 1. The van der Waals surface area contributed by atoms with Crippen LogP contribution >= 0.6 is 0 Å². The molecule has 19 heavy (non-hydrogen) atoms. The maximum atomic E-state index is 12.5. The molecule has 5 heteroatoms. The smallest absolute Gasteiger partial charge is 0.254 e. The predicted octanol–water partition coefficient (Wildman–Crippen LogP) is 1.21. The molecule has 2 saturated heterocycles. The Morgan fingerprint density at radius 3 is 2.68 bits per heavy atom. The summed E-state index contributed by atoms with van der Waals surface area (Å²) in [5.41, 5.74) is -1.09. The maximum absolute atomic E-state index is 12.5. The van der Waals surface area contributed by atoms with Crippen molar-refractivity contribution >= 4 is 5.91 Å². The number of nitrogens with zero attached hydrogens (tertiary/aromatic N) is 1. The first-order valence-electron chi connectivity index (χ1n) is 6.96. The summed E-state index contributed by atoms with van der Waals surface area (Å²) in [5, 5.41) is 0. The maximum Gasteiger partial charge on any atom is 0.254 e. The number of piperidine rings is 1. The topological polar surface area (TPSA) is 48.0 Å². The number of ether oxygens (including phenoxy) is 3. The molecule has 2 atom stereocenters. The lowest BCUT2D eigenvalue weighted by Gasteiger charge is -2.46. The van der Waals surface area contributed by atoms with E-state index in [1.165, 1.54) is 0 Å². The third kappa shape index (κ3) is 2.64. The van der Waals surface area contributed by atoms with Crippen LogP contribution in [-0.2, 0) is 19.0 Å². The molecule has 0 aromatic rings. The number of carbonyl (C=O) groups excluding carboxylic acids is 1. The molecule has 1 spiro atoms. The average Bonchev–Trinajstić information content (AvgIpc) is 2.86. The van der Waals surface area contributed by atoms with Gasteiger partial charge in [-0.05, 0) is 33.1 Å². The van der Waals surface area contributed by atoms with E-state index in [-0.39, 0.29) is 17.6 Å². The third-order valence-electron chi connectivity index (χ3n) is 4.44. The van der Waals surface area contributed by atoms with E-state index in [9.17, 15) is 4.79 Å². The fourth-order valence-corrected chi connectivity index (χ4v) is 3.11. The number of rotatable bonds is 3. The minimum absolute atomic E-state index is 0.0272. The summed E-state index contributed by atoms with van der Waals surface area (Å²) < 4.78 is 16.8. The Balaban J connectivity index is 2.12. The zero-order chi connectivity index (χ0) is 14.1. The van der Waals surface area contributed by atoms with Gasteiger partial charge in [0.2, 0.25) is 0 Å². The molecule has 0 saturated carbocycles. The fraction of sp³-hybridized carbons (Fsp3) is 0.929. The molecule has 0 radical (unpaired) electrons. The number of methoxy groups -OCH3 is 2. The number of hydrogen-bond acceptors (Lipinski definition) is 4. The zero-order valence-electron chi connectivity index (χ0n) is 12.4. The van der Waals surface area contributed by atoms with Crippen molar-refractivity contribution in [3.05, 3.63) is 0 Å². The lowest BCUT2D eigenvalue weighted by atomic mass is 9.86. The van der Waals surface area contributed by atoms with E-state index in [0.717, 1.165) is 25.9 Å². The summed E-state index contributed by atoms with van der Waals surface area (Å²) in [7, 11) is 3.30. The second-order valence-electron chi connectivity index (χ2n) is 5.97. The van der Waals surface area contributed by atoms with Gasteiger partial charge in [-0.15, -0.1) is 0 Å². The van der Waals surface area contributed by atoms with Gasteiger partial charge >= 0.3 is 0 Å². The Hall–Kier alpha value is -0.650. The van der Waals surface area contributed by atoms with Crippen LogP contribution < -0.4 is 0 Å². The normalized spacial score (nSPS) is 32.0. The van der Waals surface area contributed by atoms with Crippen LogP contribution in [-0.4, -0.2) is 62.0 Å². The summed E-state index contributed by atoms with van der Waals surface area (Å²) in [6.07, 6.45) is 2.91. The Morgan fingerprint density at radius 2 is 2.16 bits per heavy atom. The van der Waals surface area contributed by atoms with Crippen LogP contribution in [0.25, 0.3) is 0 Å². The minimum Gasteiger partial charge on any atom is -0.378 e. The van der Waals surface area contributed by atoms with E-state index in [4.69, 9.17) is 14.2 Å². The summed E-state index contributed by atoms with van der Waals surface area (Å²) in [5.74, 6) is 0.0272. The Labute approximate surface area is 115 Å². The molecule has 2 aliphatic rings. The van der Waals surface area contributed by atoms with Crippen LogP contribution in [0.15, 0.2) is 0 Å². The number of hydrogen-bond donors (Lipinski definition) is 0. The van der Waals surface area contributed by atoms with Crippen molar-refractivity contribution in [2.75, 3.05) is 33.9 Å². The minimum atomic E-state index is -0.778. The summed E-state index contributed by atoms with van der Waals surface area (Å²) in [4.78, 5) is 14.4. The van der Waals surface area contributed by atoms with Crippen molar-refractivity contribution in [2.45, 2.75) is 50.4 Å². The van der Waals surface area contributed by atoms with Crippen molar-refractivity contribution in [1.82, 2.24) is 4.90 Å². The van der Waals surface area contributed by atoms with Gasteiger partial charge in [-0.2, -0.15) is 0 Å². The highest BCUT2D eigenvalue weighted by Gasteiger charge is 2.49. The lowest BCUT2D eigenvalue weighted by Crippen LogP contribution is -2.61. The van der Waals surface area contributed by atoms with Crippen molar-refractivity contribution < 1.29 is 19.0 Å². The second-order valence-corrected chi connectivity index (χ2v) is 5.97. The molecule has 2 fully saturated rings. The Kier molecular flexibility index (Phi) is 4.18. The summed E-state index contributed by atoms with van der Waals surface area (Å²) in [6.45, 7) is 5.68. The van der Waals surface area contributed by atoms with Gasteiger partial charge in [0.1, 0.15) is 11.2 Å². The predicted molar refractivity (Wildman–Crippen MR) is 71.0 cm³/mol. The van der Waals surface area contributed by atoms with Gasteiger partial charge in [-0.25, -0.2) is 0 Å². The van der Waals surface area contributed by atoms with Crippen LogP contribution in [0, 0.1) is 0 Å². The second kappa shape index (κ2) is 5.38. The largest absolute Gasteiger partial charge is 0.378 e. The Morgan fingerprint density at radius 1 is 1.42 bits per heavy atom. The lowest BCUT2D eigenvalue weighted by molar-refractivity contribution is -0.173. The molecule has 0 aliphatic carbocycles. The highest BCUT2D eigenvalue weighted by molar-refractivity contribution is 5.84. The highest BCUT2D eigenvalue weighted by Crippen LogP contribution is 2.37. The van der Waals surface area contributed by atoms with Crippen LogP contribution in [0.2, 0.25) is 0 Å². The van der Waals surface area contributed by atoms with E-state index >= 15 is 0 Å². The molecule has 110 valence electrons.